The Labute approximate surface area is 170 Å². The zero-order chi connectivity index (χ0) is 21.0. The smallest absolute Gasteiger partial charge is 0.407 e. The molecule has 0 spiro atoms. The average molecular weight is 397 g/mol. The molecule has 1 saturated heterocycles. The van der Waals surface area contributed by atoms with Gasteiger partial charge in [-0.1, -0.05) is 12.1 Å². The summed E-state index contributed by atoms with van der Waals surface area (Å²) in [6.07, 6.45) is 1.42. The Hall–Kier alpha value is -3.13. The molecule has 3 N–H and O–H groups in total. The van der Waals surface area contributed by atoms with E-state index in [2.05, 4.69) is 20.5 Å². The van der Waals surface area contributed by atoms with Gasteiger partial charge >= 0.3 is 12.1 Å². The molecular formula is C21H27N5O3. The number of piperazine rings is 1. The summed E-state index contributed by atoms with van der Waals surface area (Å²) in [4.78, 5) is 31.6. The lowest BCUT2D eigenvalue weighted by Gasteiger charge is -2.43. The molecule has 2 atom stereocenters. The van der Waals surface area contributed by atoms with Gasteiger partial charge in [-0.15, -0.1) is 0 Å². The maximum Gasteiger partial charge on any atom is 0.407 e. The molecule has 154 valence electrons. The Kier molecular flexibility index (Phi) is 6.33. The summed E-state index contributed by atoms with van der Waals surface area (Å²) < 4.78 is 0. The molecule has 1 unspecified atom stereocenters. The molecule has 1 aliphatic heterocycles. The van der Waals surface area contributed by atoms with Gasteiger partial charge in [-0.05, 0) is 57.1 Å². The number of pyridine rings is 1. The van der Waals surface area contributed by atoms with Gasteiger partial charge in [0.25, 0.3) is 0 Å². The summed E-state index contributed by atoms with van der Waals surface area (Å²) in [5.41, 5.74) is 3.22. The number of nitrogens with one attached hydrogen (secondary N) is 2. The normalized spacial score (nSPS) is 19.6. The van der Waals surface area contributed by atoms with Crippen LogP contribution in [0.4, 0.5) is 21.0 Å². The highest BCUT2D eigenvalue weighted by Crippen LogP contribution is 2.21. The zero-order valence-electron chi connectivity index (χ0n) is 16.9. The van der Waals surface area contributed by atoms with Crippen molar-refractivity contribution < 1.29 is 14.7 Å². The van der Waals surface area contributed by atoms with Crippen LogP contribution in [-0.2, 0) is 6.42 Å². The Morgan fingerprint density at radius 1 is 1.17 bits per heavy atom. The van der Waals surface area contributed by atoms with Crippen molar-refractivity contribution in [2.75, 3.05) is 30.8 Å². The van der Waals surface area contributed by atoms with Crippen LogP contribution in [0.25, 0.3) is 0 Å². The second-order valence-electron chi connectivity index (χ2n) is 7.44. The minimum absolute atomic E-state index is 0.0718. The van der Waals surface area contributed by atoms with Gasteiger partial charge in [0.2, 0.25) is 0 Å². The van der Waals surface area contributed by atoms with Crippen molar-refractivity contribution in [2.45, 2.75) is 32.4 Å². The van der Waals surface area contributed by atoms with E-state index in [0.29, 0.717) is 30.9 Å². The number of carboxylic acid groups (broad SMARTS) is 1. The summed E-state index contributed by atoms with van der Waals surface area (Å²) in [7, 11) is 2.02. The van der Waals surface area contributed by atoms with Crippen molar-refractivity contribution in [1.29, 1.82) is 0 Å². The number of benzene rings is 1. The lowest BCUT2D eigenvalue weighted by Crippen LogP contribution is -2.59. The minimum atomic E-state index is -0.881. The van der Waals surface area contributed by atoms with Crippen molar-refractivity contribution >= 4 is 23.5 Å². The number of urea groups is 1. The fourth-order valence-corrected chi connectivity index (χ4v) is 3.66. The third kappa shape index (κ3) is 5.23. The van der Waals surface area contributed by atoms with Gasteiger partial charge in [0.1, 0.15) is 0 Å². The first kappa shape index (κ1) is 20.6. The second-order valence-corrected chi connectivity index (χ2v) is 7.44. The molecule has 8 heteroatoms. The average Bonchev–Trinajstić information content (AvgIpc) is 2.67. The lowest BCUT2D eigenvalue weighted by atomic mass is 9.96. The Morgan fingerprint density at radius 3 is 2.62 bits per heavy atom. The van der Waals surface area contributed by atoms with Crippen molar-refractivity contribution in [3.8, 4) is 0 Å². The molecule has 1 aromatic heterocycles. The Morgan fingerprint density at radius 2 is 1.93 bits per heavy atom. The van der Waals surface area contributed by atoms with Gasteiger partial charge in [0, 0.05) is 36.6 Å². The third-order valence-corrected chi connectivity index (χ3v) is 5.35. The first-order valence-electron chi connectivity index (χ1n) is 9.63. The van der Waals surface area contributed by atoms with Crippen molar-refractivity contribution in [1.82, 2.24) is 14.8 Å². The van der Waals surface area contributed by atoms with Crippen LogP contribution in [0.15, 0.2) is 42.6 Å². The molecule has 0 aliphatic carbocycles. The van der Waals surface area contributed by atoms with E-state index >= 15 is 0 Å². The molecule has 1 aromatic carbocycles. The molecule has 3 rings (SSSR count). The van der Waals surface area contributed by atoms with Gasteiger partial charge in [0.15, 0.2) is 0 Å². The highest BCUT2D eigenvalue weighted by molar-refractivity contribution is 5.99. The molecule has 3 amide bonds. The van der Waals surface area contributed by atoms with Crippen LogP contribution < -0.4 is 10.6 Å². The third-order valence-electron chi connectivity index (χ3n) is 5.35. The van der Waals surface area contributed by atoms with Crippen molar-refractivity contribution in [2.24, 2.45) is 0 Å². The fourth-order valence-electron chi connectivity index (χ4n) is 3.66. The van der Waals surface area contributed by atoms with Gasteiger partial charge in [-0.3, -0.25) is 9.88 Å². The molecule has 2 aromatic rings. The number of carbonyl (C=O) groups is 2. The van der Waals surface area contributed by atoms with E-state index in [-0.39, 0.29) is 18.1 Å². The predicted octanol–water partition coefficient (Wildman–Crippen LogP) is 3.26. The fraction of sp³-hybridized carbons (Fsp3) is 0.381. The van der Waals surface area contributed by atoms with E-state index < -0.39 is 6.09 Å². The van der Waals surface area contributed by atoms with Crippen LogP contribution >= 0.6 is 0 Å². The van der Waals surface area contributed by atoms with E-state index in [1.807, 2.05) is 51.2 Å². The number of rotatable bonds is 4. The largest absolute Gasteiger partial charge is 0.465 e. The first-order valence-corrected chi connectivity index (χ1v) is 9.63. The van der Waals surface area contributed by atoms with Gasteiger partial charge in [0.05, 0.1) is 11.9 Å². The number of hydrogen-bond acceptors (Lipinski definition) is 4. The number of nitrogens with zero attached hydrogens (tertiary/aromatic N) is 3. The second kappa shape index (κ2) is 8.91. The molecular weight excluding hydrogens is 370 g/mol. The van der Waals surface area contributed by atoms with E-state index in [1.54, 1.807) is 12.3 Å². The van der Waals surface area contributed by atoms with Crippen LogP contribution in [0, 0.1) is 6.92 Å². The number of carbonyl (C=O) groups excluding carboxylic acids is 1. The number of anilines is 2. The summed E-state index contributed by atoms with van der Waals surface area (Å²) in [5.74, 6) is 0. The first-order chi connectivity index (χ1) is 13.8. The molecule has 8 nitrogen and oxygen atoms in total. The quantitative estimate of drug-likeness (QED) is 0.736. The van der Waals surface area contributed by atoms with Crippen molar-refractivity contribution in [3.63, 3.8) is 0 Å². The minimum Gasteiger partial charge on any atom is -0.465 e. The lowest BCUT2D eigenvalue weighted by molar-refractivity contribution is 0.0447. The van der Waals surface area contributed by atoms with Crippen molar-refractivity contribution in [3.05, 3.63) is 53.9 Å². The maximum absolute atomic E-state index is 12.3. The summed E-state index contributed by atoms with van der Waals surface area (Å²) >= 11 is 0. The zero-order valence-corrected chi connectivity index (χ0v) is 16.9. The summed E-state index contributed by atoms with van der Waals surface area (Å²) in [6.45, 7) is 5.04. The van der Waals surface area contributed by atoms with Gasteiger partial charge in [-0.2, -0.15) is 0 Å². The molecule has 1 aliphatic rings. The molecule has 1 fully saturated rings. The molecule has 29 heavy (non-hydrogen) atoms. The molecule has 0 radical (unpaired) electrons. The van der Waals surface area contributed by atoms with Crippen LogP contribution in [0.3, 0.4) is 0 Å². The predicted molar refractivity (Wildman–Crippen MR) is 112 cm³/mol. The van der Waals surface area contributed by atoms with E-state index in [0.717, 1.165) is 11.3 Å². The summed E-state index contributed by atoms with van der Waals surface area (Å²) in [5, 5.41) is 15.0. The number of aromatic nitrogens is 1. The molecule has 0 bridgehead atoms. The number of aryl methyl sites for hydroxylation is 1. The van der Waals surface area contributed by atoms with Crippen LogP contribution in [-0.4, -0.2) is 64.2 Å². The topological polar surface area (TPSA) is 97.8 Å². The number of likely N-dealkylation sites (N-methyl/N-ethyl adjacent to an activating group) is 1. The number of hydrogen-bond donors (Lipinski definition) is 3. The highest BCUT2D eigenvalue weighted by Gasteiger charge is 2.34. The van der Waals surface area contributed by atoms with E-state index in [4.69, 9.17) is 0 Å². The highest BCUT2D eigenvalue weighted by atomic mass is 16.4. The van der Waals surface area contributed by atoms with Crippen LogP contribution in [0.2, 0.25) is 0 Å². The monoisotopic (exact) mass is 397 g/mol. The molecule has 2 heterocycles. The van der Waals surface area contributed by atoms with Crippen LogP contribution in [0.1, 0.15) is 18.2 Å². The summed E-state index contributed by atoms with van der Waals surface area (Å²) in [6, 6.07) is 10.9. The number of amides is 3. The SMILES string of the molecule is Cc1ccc(NC(=O)Nc2cccc(C[C@@H]3C(C)N(C(=O)O)CCN3C)c2)cn1. The Balaban J connectivity index is 1.65. The van der Waals surface area contributed by atoms with E-state index in [9.17, 15) is 14.7 Å². The Bertz CT molecular complexity index is 871. The standard InChI is InChI=1S/C21H27N5O3/c1-14-7-8-18(13-22-14)24-20(27)23-17-6-4-5-16(11-17)12-19-15(2)26(21(28)29)10-9-25(19)3/h4-8,11,13,15,19H,9-10,12H2,1-3H3,(H,28,29)(H2,23,24,27)/t15?,19-/m1/s1. The van der Waals surface area contributed by atoms with Crippen LogP contribution in [0.5, 0.6) is 0 Å². The maximum atomic E-state index is 12.3. The van der Waals surface area contributed by atoms with Gasteiger partial charge < -0.3 is 20.6 Å². The molecule has 0 saturated carbocycles. The van der Waals surface area contributed by atoms with Gasteiger partial charge in [-0.25, -0.2) is 9.59 Å². The van der Waals surface area contributed by atoms with E-state index in [1.165, 1.54) is 4.90 Å².